The van der Waals surface area contributed by atoms with E-state index >= 15 is 0 Å². The van der Waals surface area contributed by atoms with Gasteiger partial charge in [-0.15, -0.1) is 0 Å². The SMILES string of the molecule is Cc1nn(Cc2ccc(C(=O)N3CCCc4ccc(F)cc43)cc2)c(C)c1[N+](=O)[O-]. The molecule has 3 aromatic rings. The summed E-state index contributed by atoms with van der Waals surface area (Å²) >= 11 is 0. The first-order valence-corrected chi connectivity index (χ1v) is 9.73. The molecule has 0 N–H and O–H groups in total. The largest absolute Gasteiger partial charge is 0.312 e. The number of hydrogen-bond acceptors (Lipinski definition) is 4. The van der Waals surface area contributed by atoms with Gasteiger partial charge in [-0.3, -0.25) is 19.6 Å². The lowest BCUT2D eigenvalue weighted by atomic mass is 10.0. The molecule has 1 aliphatic rings. The molecule has 0 saturated heterocycles. The van der Waals surface area contributed by atoms with Gasteiger partial charge < -0.3 is 4.90 Å². The minimum Gasteiger partial charge on any atom is -0.308 e. The molecule has 2 heterocycles. The number of halogens is 1. The molecular weight excluding hydrogens is 387 g/mol. The lowest BCUT2D eigenvalue weighted by Crippen LogP contribution is -2.35. The van der Waals surface area contributed by atoms with Gasteiger partial charge >= 0.3 is 5.69 Å². The highest BCUT2D eigenvalue weighted by atomic mass is 19.1. The van der Waals surface area contributed by atoms with E-state index in [0.29, 0.717) is 35.7 Å². The summed E-state index contributed by atoms with van der Waals surface area (Å²) in [4.78, 5) is 25.4. The van der Waals surface area contributed by atoms with Gasteiger partial charge in [-0.1, -0.05) is 18.2 Å². The molecule has 1 aliphatic heterocycles. The average molecular weight is 408 g/mol. The smallest absolute Gasteiger partial charge is 0.308 e. The molecule has 154 valence electrons. The summed E-state index contributed by atoms with van der Waals surface area (Å²) in [5.41, 5.74) is 3.87. The van der Waals surface area contributed by atoms with Crippen LogP contribution in [0.1, 0.15) is 39.3 Å². The first-order valence-electron chi connectivity index (χ1n) is 9.73. The first-order chi connectivity index (χ1) is 14.3. The highest BCUT2D eigenvalue weighted by molar-refractivity contribution is 6.06. The van der Waals surface area contributed by atoms with Gasteiger partial charge in [0.1, 0.15) is 17.2 Å². The highest BCUT2D eigenvalue weighted by Crippen LogP contribution is 2.29. The maximum atomic E-state index is 13.7. The molecule has 0 spiro atoms. The summed E-state index contributed by atoms with van der Waals surface area (Å²) < 4.78 is 15.3. The van der Waals surface area contributed by atoms with Crippen LogP contribution in [0.2, 0.25) is 0 Å². The summed E-state index contributed by atoms with van der Waals surface area (Å²) in [5, 5.41) is 15.4. The van der Waals surface area contributed by atoms with Crippen LogP contribution >= 0.6 is 0 Å². The molecule has 7 nitrogen and oxygen atoms in total. The van der Waals surface area contributed by atoms with E-state index in [1.807, 2.05) is 12.1 Å². The van der Waals surface area contributed by atoms with Crippen molar-refractivity contribution in [1.82, 2.24) is 9.78 Å². The van der Waals surface area contributed by atoms with Crippen molar-refractivity contribution in [3.8, 4) is 0 Å². The van der Waals surface area contributed by atoms with E-state index in [9.17, 15) is 19.3 Å². The van der Waals surface area contributed by atoms with Crippen molar-refractivity contribution in [2.45, 2.75) is 33.2 Å². The molecule has 1 amide bonds. The van der Waals surface area contributed by atoms with Crippen LogP contribution in [0.15, 0.2) is 42.5 Å². The second-order valence-electron chi connectivity index (χ2n) is 7.46. The summed E-state index contributed by atoms with van der Waals surface area (Å²) in [6.07, 6.45) is 1.66. The van der Waals surface area contributed by atoms with Crippen LogP contribution in [0.3, 0.4) is 0 Å². The molecule has 1 aromatic heterocycles. The highest BCUT2D eigenvalue weighted by Gasteiger charge is 2.25. The van der Waals surface area contributed by atoms with Crippen molar-refractivity contribution >= 4 is 17.3 Å². The van der Waals surface area contributed by atoms with E-state index < -0.39 is 4.92 Å². The molecule has 0 fully saturated rings. The monoisotopic (exact) mass is 408 g/mol. The van der Waals surface area contributed by atoms with E-state index in [-0.39, 0.29) is 17.4 Å². The van der Waals surface area contributed by atoms with Crippen molar-refractivity contribution in [1.29, 1.82) is 0 Å². The molecule has 0 bridgehead atoms. The predicted octanol–water partition coefficient (Wildman–Crippen LogP) is 4.19. The van der Waals surface area contributed by atoms with Crippen LogP contribution in [-0.4, -0.2) is 27.2 Å². The van der Waals surface area contributed by atoms with Crippen molar-refractivity contribution in [3.63, 3.8) is 0 Å². The van der Waals surface area contributed by atoms with Gasteiger partial charge in [0.05, 0.1) is 17.2 Å². The van der Waals surface area contributed by atoms with E-state index in [4.69, 9.17) is 0 Å². The normalized spacial score (nSPS) is 13.2. The van der Waals surface area contributed by atoms with Gasteiger partial charge in [0.2, 0.25) is 0 Å². The summed E-state index contributed by atoms with van der Waals surface area (Å²) in [5.74, 6) is -0.530. The number of amides is 1. The Kier molecular flexibility index (Phi) is 5.07. The Hall–Kier alpha value is -3.55. The maximum Gasteiger partial charge on any atom is 0.312 e. The average Bonchev–Trinajstić information content (AvgIpc) is 3.00. The van der Waals surface area contributed by atoms with Gasteiger partial charge in [-0.2, -0.15) is 5.10 Å². The molecule has 2 aromatic carbocycles. The second kappa shape index (κ2) is 7.70. The number of hydrogen-bond donors (Lipinski definition) is 0. The van der Waals surface area contributed by atoms with E-state index in [0.717, 1.165) is 24.0 Å². The van der Waals surface area contributed by atoms with Crippen LogP contribution in [-0.2, 0) is 13.0 Å². The molecule has 0 radical (unpaired) electrons. The van der Waals surface area contributed by atoms with Crippen LogP contribution in [0, 0.1) is 29.8 Å². The minimum absolute atomic E-state index is 0.0257. The zero-order valence-corrected chi connectivity index (χ0v) is 16.8. The first kappa shape index (κ1) is 19.8. The van der Waals surface area contributed by atoms with Gasteiger partial charge in [0.25, 0.3) is 5.91 Å². The standard InChI is InChI=1S/C22H21FN4O3/c1-14-21(27(29)30)15(2)26(24-14)13-16-5-7-18(8-6-16)22(28)25-11-3-4-17-9-10-19(23)12-20(17)25/h5-10,12H,3-4,11,13H2,1-2H3. The van der Waals surface area contributed by atoms with Gasteiger partial charge in [-0.25, -0.2) is 4.39 Å². The molecule has 0 aliphatic carbocycles. The van der Waals surface area contributed by atoms with E-state index in [1.165, 1.54) is 12.1 Å². The number of nitrogens with zero attached hydrogens (tertiary/aromatic N) is 4. The Balaban J connectivity index is 1.55. The van der Waals surface area contributed by atoms with Crippen molar-refractivity contribution < 1.29 is 14.1 Å². The Labute approximate surface area is 172 Å². The Morgan fingerprint density at radius 2 is 1.93 bits per heavy atom. The van der Waals surface area contributed by atoms with Gasteiger partial charge in [0.15, 0.2) is 0 Å². The lowest BCUT2D eigenvalue weighted by molar-refractivity contribution is -0.386. The Morgan fingerprint density at radius 1 is 1.20 bits per heavy atom. The Bertz CT molecular complexity index is 1140. The number of carbonyl (C=O) groups is 1. The fourth-order valence-corrected chi connectivity index (χ4v) is 3.95. The molecule has 8 heteroatoms. The van der Waals surface area contributed by atoms with Crippen molar-refractivity contribution in [2.75, 3.05) is 11.4 Å². The number of aromatic nitrogens is 2. The molecule has 0 saturated carbocycles. The molecule has 0 atom stereocenters. The van der Waals surface area contributed by atoms with Crippen LogP contribution in [0.5, 0.6) is 0 Å². The number of fused-ring (bicyclic) bond motifs is 1. The predicted molar refractivity (Wildman–Crippen MR) is 110 cm³/mol. The summed E-state index contributed by atoms with van der Waals surface area (Å²) in [6, 6.07) is 11.6. The van der Waals surface area contributed by atoms with Gasteiger partial charge in [-0.05, 0) is 62.1 Å². The third kappa shape index (κ3) is 3.56. The van der Waals surface area contributed by atoms with E-state index in [2.05, 4.69) is 5.10 Å². The molecular formula is C22H21FN4O3. The quantitative estimate of drug-likeness (QED) is 0.479. The Morgan fingerprint density at radius 3 is 2.60 bits per heavy atom. The summed E-state index contributed by atoms with van der Waals surface area (Å²) in [7, 11) is 0. The van der Waals surface area contributed by atoms with Crippen molar-refractivity contribution in [2.24, 2.45) is 0 Å². The van der Waals surface area contributed by atoms with Crippen LogP contribution in [0.25, 0.3) is 0 Å². The molecule has 30 heavy (non-hydrogen) atoms. The lowest BCUT2D eigenvalue weighted by Gasteiger charge is -2.29. The number of rotatable bonds is 4. The zero-order chi connectivity index (χ0) is 21.4. The van der Waals surface area contributed by atoms with E-state index in [1.54, 1.807) is 41.6 Å². The summed E-state index contributed by atoms with van der Waals surface area (Å²) in [6.45, 7) is 4.20. The fraction of sp³-hybridized carbons (Fsp3) is 0.273. The van der Waals surface area contributed by atoms with Gasteiger partial charge in [0, 0.05) is 12.1 Å². The van der Waals surface area contributed by atoms with Crippen LogP contribution in [0.4, 0.5) is 15.8 Å². The number of carbonyl (C=O) groups excluding carboxylic acids is 1. The number of anilines is 1. The number of benzene rings is 2. The topological polar surface area (TPSA) is 81.3 Å². The van der Waals surface area contributed by atoms with Crippen molar-refractivity contribution in [3.05, 3.63) is 86.5 Å². The maximum absolute atomic E-state index is 13.7. The molecule has 4 rings (SSSR count). The number of aryl methyl sites for hydroxylation is 2. The fourth-order valence-electron chi connectivity index (χ4n) is 3.95. The third-order valence-corrected chi connectivity index (χ3v) is 5.47. The second-order valence-corrected chi connectivity index (χ2v) is 7.46. The number of nitro groups is 1. The van der Waals surface area contributed by atoms with Crippen LogP contribution < -0.4 is 4.90 Å². The third-order valence-electron chi connectivity index (χ3n) is 5.47. The molecule has 0 unspecified atom stereocenters. The minimum atomic E-state index is -0.421. The zero-order valence-electron chi connectivity index (χ0n) is 16.8.